The number of aromatic nitrogens is 1. The molecule has 4 rings (SSSR count). The third kappa shape index (κ3) is 2.78. The number of fused-ring (bicyclic) bond motifs is 1. The van der Waals surface area contributed by atoms with Crippen LogP contribution in [0.4, 0.5) is 0 Å². The van der Waals surface area contributed by atoms with Crippen LogP contribution in [0, 0.1) is 0 Å². The van der Waals surface area contributed by atoms with Gasteiger partial charge in [0.1, 0.15) is 0 Å². The molecule has 3 nitrogen and oxygen atoms in total. The Balaban J connectivity index is 1.81. The highest BCUT2D eigenvalue weighted by molar-refractivity contribution is 6.07. The van der Waals surface area contributed by atoms with Gasteiger partial charge >= 0.3 is 0 Å². The number of rotatable bonds is 3. The van der Waals surface area contributed by atoms with Gasteiger partial charge in [0.25, 0.3) is 5.91 Å². The van der Waals surface area contributed by atoms with Gasteiger partial charge in [-0.3, -0.25) is 4.79 Å². The molecule has 0 bridgehead atoms. The van der Waals surface area contributed by atoms with E-state index >= 15 is 0 Å². The van der Waals surface area contributed by atoms with Gasteiger partial charge in [0.15, 0.2) is 0 Å². The van der Waals surface area contributed by atoms with Gasteiger partial charge in [0.2, 0.25) is 0 Å². The highest BCUT2D eigenvalue weighted by Gasteiger charge is 2.17. The van der Waals surface area contributed by atoms with Crippen molar-refractivity contribution in [3.8, 4) is 16.8 Å². The van der Waals surface area contributed by atoms with Crippen LogP contribution in [0.1, 0.15) is 10.4 Å². The van der Waals surface area contributed by atoms with Crippen LogP contribution in [0.2, 0.25) is 0 Å². The second-order valence-electron chi connectivity index (χ2n) is 6.54. The molecular formula is C23H20N2O. The van der Waals surface area contributed by atoms with Gasteiger partial charge in [0.05, 0.1) is 11.1 Å². The molecule has 3 aromatic carbocycles. The van der Waals surface area contributed by atoms with Crippen LogP contribution in [-0.4, -0.2) is 29.5 Å². The van der Waals surface area contributed by atoms with Crippen molar-refractivity contribution < 1.29 is 4.79 Å². The predicted molar refractivity (Wildman–Crippen MR) is 107 cm³/mol. The van der Waals surface area contributed by atoms with Crippen molar-refractivity contribution in [1.29, 1.82) is 0 Å². The van der Waals surface area contributed by atoms with Crippen molar-refractivity contribution in [2.75, 3.05) is 14.1 Å². The Morgan fingerprint density at radius 1 is 0.769 bits per heavy atom. The van der Waals surface area contributed by atoms with Crippen molar-refractivity contribution in [2.24, 2.45) is 0 Å². The molecule has 1 amide bonds. The molecule has 3 heteroatoms. The number of hydrogen-bond acceptors (Lipinski definition) is 1. The summed E-state index contributed by atoms with van der Waals surface area (Å²) in [6, 6.07) is 26.8. The summed E-state index contributed by atoms with van der Waals surface area (Å²) >= 11 is 0. The summed E-state index contributed by atoms with van der Waals surface area (Å²) in [5.41, 5.74) is 5.16. The topological polar surface area (TPSA) is 25.2 Å². The first-order chi connectivity index (χ1) is 12.6. The van der Waals surface area contributed by atoms with Crippen molar-refractivity contribution >= 4 is 16.8 Å². The number of amides is 1. The molecule has 0 unspecified atom stereocenters. The summed E-state index contributed by atoms with van der Waals surface area (Å²) in [7, 11) is 3.56. The van der Waals surface area contributed by atoms with E-state index < -0.39 is 0 Å². The van der Waals surface area contributed by atoms with E-state index in [1.54, 1.807) is 19.0 Å². The van der Waals surface area contributed by atoms with Crippen molar-refractivity contribution in [2.45, 2.75) is 0 Å². The molecule has 0 saturated carbocycles. The standard InChI is InChI=1S/C23H20N2O/c1-24(2)23(26)21-16-25(22-11-7-6-10-20(21)22)19-14-12-18(13-15-19)17-8-4-3-5-9-17/h3-16H,1-2H3. The fourth-order valence-corrected chi connectivity index (χ4v) is 3.25. The van der Waals surface area contributed by atoms with Gasteiger partial charge in [0, 0.05) is 31.4 Å². The molecule has 0 saturated heterocycles. The summed E-state index contributed by atoms with van der Waals surface area (Å²) in [5.74, 6) is 0.0147. The average Bonchev–Trinajstić information content (AvgIpc) is 3.08. The Hall–Kier alpha value is -3.33. The first-order valence-corrected chi connectivity index (χ1v) is 8.63. The normalized spacial score (nSPS) is 10.8. The van der Waals surface area contributed by atoms with Crippen LogP contribution in [0.25, 0.3) is 27.7 Å². The molecular weight excluding hydrogens is 320 g/mol. The number of carbonyl (C=O) groups excluding carboxylic acids is 1. The maximum absolute atomic E-state index is 12.6. The molecule has 0 aliphatic heterocycles. The molecule has 128 valence electrons. The van der Waals surface area contributed by atoms with E-state index in [9.17, 15) is 4.79 Å². The van der Waals surface area contributed by atoms with E-state index in [4.69, 9.17) is 0 Å². The van der Waals surface area contributed by atoms with E-state index in [-0.39, 0.29) is 5.91 Å². The van der Waals surface area contributed by atoms with Gasteiger partial charge in [-0.15, -0.1) is 0 Å². The highest BCUT2D eigenvalue weighted by atomic mass is 16.2. The molecule has 0 N–H and O–H groups in total. The number of nitrogens with zero attached hydrogens (tertiary/aromatic N) is 2. The Bertz CT molecular complexity index is 1060. The quantitative estimate of drug-likeness (QED) is 0.515. The van der Waals surface area contributed by atoms with Crippen LogP contribution in [0.3, 0.4) is 0 Å². The molecule has 4 aromatic rings. The van der Waals surface area contributed by atoms with Gasteiger partial charge < -0.3 is 9.47 Å². The third-order valence-corrected chi connectivity index (χ3v) is 4.60. The lowest BCUT2D eigenvalue weighted by Crippen LogP contribution is -2.21. The number of hydrogen-bond donors (Lipinski definition) is 0. The minimum absolute atomic E-state index is 0.0147. The zero-order valence-electron chi connectivity index (χ0n) is 14.9. The van der Waals surface area contributed by atoms with Gasteiger partial charge in [-0.1, -0.05) is 60.7 Å². The van der Waals surface area contributed by atoms with Gasteiger partial charge in [-0.05, 0) is 29.3 Å². The van der Waals surface area contributed by atoms with Crippen LogP contribution in [-0.2, 0) is 0 Å². The molecule has 26 heavy (non-hydrogen) atoms. The second kappa shape index (κ2) is 6.52. The zero-order chi connectivity index (χ0) is 18.1. The smallest absolute Gasteiger partial charge is 0.255 e. The Morgan fingerprint density at radius 3 is 2.08 bits per heavy atom. The van der Waals surface area contributed by atoms with Crippen LogP contribution in [0.15, 0.2) is 85.1 Å². The second-order valence-corrected chi connectivity index (χ2v) is 6.54. The molecule has 0 spiro atoms. The minimum atomic E-state index is 0.0147. The number of benzene rings is 3. The molecule has 0 aliphatic rings. The lowest BCUT2D eigenvalue weighted by Gasteiger charge is -2.08. The number of para-hydroxylation sites is 1. The van der Waals surface area contributed by atoms with Gasteiger partial charge in [-0.25, -0.2) is 0 Å². The van der Waals surface area contributed by atoms with Crippen molar-refractivity contribution in [3.05, 3.63) is 90.6 Å². The molecule has 0 fully saturated rings. The van der Waals surface area contributed by atoms with Gasteiger partial charge in [-0.2, -0.15) is 0 Å². The van der Waals surface area contributed by atoms with E-state index in [1.807, 2.05) is 48.7 Å². The summed E-state index contributed by atoms with van der Waals surface area (Å²) in [4.78, 5) is 14.2. The molecule has 1 aromatic heterocycles. The minimum Gasteiger partial charge on any atom is -0.345 e. The molecule has 0 aliphatic carbocycles. The monoisotopic (exact) mass is 340 g/mol. The zero-order valence-corrected chi connectivity index (χ0v) is 14.9. The largest absolute Gasteiger partial charge is 0.345 e. The van der Waals surface area contributed by atoms with E-state index in [0.29, 0.717) is 0 Å². The van der Waals surface area contributed by atoms with Crippen LogP contribution < -0.4 is 0 Å². The predicted octanol–water partition coefficient (Wildman–Crippen LogP) is 5.00. The summed E-state index contributed by atoms with van der Waals surface area (Å²) in [6.07, 6.45) is 1.94. The summed E-state index contributed by atoms with van der Waals surface area (Å²) < 4.78 is 2.08. The first-order valence-electron chi connectivity index (χ1n) is 8.63. The Kier molecular flexibility index (Phi) is 4.05. The highest BCUT2D eigenvalue weighted by Crippen LogP contribution is 2.27. The molecule has 0 radical (unpaired) electrons. The SMILES string of the molecule is CN(C)C(=O)c1cn(-c2ccc(-c3ccccc3)cc2)c2ccccc12. The lowest BCUT2D eigenvalue weighted by atomic mass is 10.1. The molecule has 0 atom stereocenters. The summed E-state index contributed by atoms with van der Waals surface area (Å²) in [6.45, 7) is 0. The van der Waals surface area contributed by atoms with E-state index in [2.05, 4.69) is 41.0 Å². The van der Waals surface area contributed by atoms with Crippen molar-refractivity contribution in [1.82, 2.24) is 9.47 Å². The first kappa shape index (κ1) is 16.2. The van der Waals surface area contributed by atoms with E-state index in [0.717, 1.165) is 22.2 Å². The number of carbonyl (C=O) groups is 1. The molecule has 1 heterocycles. The average molecular weight is 340 g/mol. The maximum Gasteiger partial charge on any atom is 0.255 e. The van der Waals surface area contributed by atoms with Crippen LogP contribution >= 0.6 is 0 Å². The van der Waals surface area contributed by atoms with Crippen LogP contribution in [0.5, 0.6) is 0 Å². The fraction of sp³-hybridized carbons (Fsp3) is 0.0870. The third-order valence-electron chi connectivity index (χ3n) is 4.60. The Morgan fingerprint density at radius 2 is 1.38 bits per heavy atom. The summed E-state index contributed by atoms with van der Waals surface area (Å²) in [5, 5.41) is 0.971. The lowest BCUT2D eigenvalue weighted by molar-refractivity contribution is 0.0829. The van der Waals surface area contributed by atoms with Crippen molar-refractivity contribution in [3.63, 3.8) is 0 Å². The fourth-order valence-electron chi connectivity index (χ4n) is 3.25. The Labute approximate surface area is 153 Å². The maximum atomic E-state index is 12.6. The van der Waals surface area contributed by atoms with E-state index in [1.165, 1.54) is 11.1 Å².